The zero-order valence-electron chi connectivity index (χ0n) is 10.1. The van der Waals surface area contributed by atoms with Gasteiger partial charge in [-0.2, -0.15) is 0 Å². The van der Waals surface area contributed by atoms with Gasteiger partial charge in [-0.05, 0) is 44.2 Å². The van der Waals surface area contributed by atoms with Crippen molar-refractivity contribution in [2.45, 2.75) is 31.6 Å². The number of halogens is 1. The van der Waals surface area contributed by atoms with Crippen LogP contribution in [-0.4, -0.2) is 17.8 Å². The summed E-state index contributed by atoms with van der Waals surface area (Å²) in [5.74, 6) is 0.568. The molecule has 1 N–H and O–H groups in total. The van der Waals surface area contributed by atoms with E-state index in [1.54, 1.807) is 0 Å². The second-order valence-electron chi connectivity index (χ2n) is 4.86. The van der Waals surface area contributed by atoms with E-state index in [2.05, 4.69) is 5.32 Å². The van der Waals surface area contributed by atoms with Crippen molar-refractivity contribution in [3.05, 3.63) is 35.4 Å². The molecule has 3 heteroatoms. The summed E-state index contributed by atoms with van der Waals surface area (Å²) in [5, 5.41) is 3.29. The van der Waals surface area contributed by atoms with Crippen LogP contribution in [0.2, 0.25) is 0 Å². The molecular weight excluding hydrogens is 234 g/mol. The van der Waals surface area contributed by atoms with Gasteiger partial charge >= 0.3 is 0 Å². The number of amides is 1. The minimum atomic E-state index is 0.0201. The van der Waals surface area contributed by atoms with Gasteiger partial charge in [-0.15, -0.1) is 11.6 Å². The molecule has 2 rings (SSSR count). The number of carbonyl (C=O) groups is 1. The number of carbonyl (C=O) groups excluding carboxylic acids is 1. The van der Waals surface area contributed by atoms with E-state index in [0.29, 0.717) is 11.3 Å². The van der Waals surface area contributed by atoms with Crippen LogP contribution < -0.4 is 5.32 Å². The molecule has 17 heavy (non-hydrogen) atoms. The van der Waals surface area contributed by atoms with Crippen LogP contribution in [0.25, 0.3) is 0 Å². The third kappa shape index (κ3) is 3.47. The SMILES string of the molecule is Cc1cccc(C(=O)NCC2CCC(Cl)C2)c1. The Balaban J connectivity index is 1.85. The summed E-state index contributed by atoms with van der Waals surface area (Å²) >= 11 is 6.05. The Labute approximate surface area is 107 Å². The van der Waals surface area contributed by atoms with Crippen LogP contribution in [0.1, 0.15) is 35.2 Å². The van der Waals surface area contributed by atoms with Crippen molar-refractivity contribution in [1.82, 2.24) is 5.32 Å². The summed E-state index contributed by atoms with van der Waals surface area (Å²) in [4.78, 5) is 11.9. The number of nitrogens with one attached hydrogen (secondary N) is 1. The standard InChI is InChI=1S/C14H18ClNO/c1-10-3-2-4-12(7-10)14(17)16-9-11-5-6-13(15)8-11/h2-4,7,11,13H,5-6,8-9H2,1H3,(H,16,17). The molecule has 2 nitrogen and oxygen atoms in total. The van der Waals surface area contributed by atoms with Gasteiger partial charge in [0.2, 0.25) is 0 Å². The molecule has 2 unspecified atom stereocenters. The summed E-state index contributed by atoms with van der Waals surface area (Å²) in [6.45, 7) is 2.74. The maximum absolute atomic E-state index is 11.9. The van der Waals surface area contributed by atoms with Gasteiger partial charge in [-0.1, -0.05) is 17.7 Å². The fraction of sp³-hybridized carbons (Fsp3) is 0.500. The van der Waals surface area contributed by atoms with Crippen molar-refractivity contribution in [1.29, 1.82) is 0 Å². The van der Waals surface area contributed by atoms with E-state index < -0.39 is 0 Å². The Hall–Kier alpha value is -1.02. The Morgan fingerprint density at radius 3 is 2.94 bits per heavy atom. The van der Waals surface area contributed by atoms with Gasteiger partial charge in [0.1, 0.15) is 0 Å². The molecule has 0 bridgehead atoms. The van der Waals surface area contributed by atoms with Crippen LogP contribution in [0, 0.1) is 12.8 Å². The van der Waals surface area contributed by atoms with E-state index in [4.69, 9.17) is 11.6 Å². The lowest BCUT2D eigenvalue weighted by Gasteiger charge is -2.11. The molecule has 1 aromatic carbocycles. The molecule has 92 valence electrons. The minimum absolute atomic E-state index is 0.0201. The molecule has 1 aliphatic carbocycles. The minimum Gasteiger partial charge on any atom is -0.352 e. The highest BCUT2D eigenvalue weighted by atomic mass is 35.5. The van der Waals surface area contributed by atoms with Crippen molar-refractivity contribution in [2.75, 3.05) is 6.54 Å². The molecule has 0 radical (unpaired) electrons. The second-order valence-corrected chi connectivity index (χ2v) is 5.47. The zero-order chi connectivity index (χ0) is 12.3. The number of hydrogen-bond donors (Lipinski definition) is 1. The molecule has 0 heterocycles. The number of benzene rings is 1. The van der Waals surface area contributed by atoms with E-state index in [9.17, 15) is 4.79 Å². The highest BCUT2D eigenvalue weighted by Gasteiger charge is 2.23. The predicted octanol–water partition coefficient (Wildman–Crippen LogP) is 3.13. The molecule has 0 spiro atoms. The van der Waals surface area contributed by atoms with Crippen molar-refractivity contribution in [2.24, 2.45) is 5.92 Å². The lowest BCUT2D eigenvalue weighted by molar-refractivity contribution is 0.0947. The Bertz CT molecular complexity index is 405. The molecule has 1 aliphatic rings. The van der Waals surface area contributed by atoms with Crippen LogP contribution in [0.4, 0.5) is 0 Å². The lowest BCUT2D eigenvalue weighted by atomic mass is 10.1. The Kier molecular flexibility index (Phi) is 4.06. The van der Waals surface area contributed by atoms with Crippen molar-refractivity contribution >= 4 is 17.5 Å². The summed E-state index contributed by atoms with van der Waals surface area (Å²) in [6.07, 6.45) is 3.23. The van der Waals surface area contributed by atoms with E-state index in [1.807, 2.05) is 31.2 Å². The van der Waals surface area contributed by atoms with E-state index in [-0.39, 0.29) is 5.91 Å². The zero-order valence-corrected chi connectivity index (χ0v) is 10.8. The normalized spacial score (nSPS) is 23.6. The van der Waals surface area contributed by atoms with Crippen LogP contribution in [0.5, 0.6) is 0 Å². The van der Waals surface area contributed by atoms with Crippen molar-refractivity contribution in [3.63, 3.8) is 0 Å². The summed E-state index contributed by atoms with van der Waals surface area (Å²) in [6, 6.07) is 7.66. The van der Waals surface area contributed by atoms with Gasteiger partial charge < -0.3 is 5.32 Å². The van der Waals surface area contributed by atoms with E-state index >= 15 is 0 Å². The average molecular weight is 252 g/mol. The van der Waals surface area contributed by atoms with Crippen LogP contribution in [-0.2, 0) is 0 Å². The Morgan fingerprint density at radius 1 is 1.47 bits per heavy atom. The first kappa shape index (κ1) is 12.4. The number of aryl methyl sites for hydroxylation is 1. The fourth-order valence-electron chi connectivity index (χ4n) is 2.32. The van der Waals surface area contributed by atoms with Gasteiger partial charge in [0.25, 0.3) is 5.91 Å². The summed E-state index contributed by atoms with van der Waals surface area (Å²) in [7, 11) is 0. The predicted molar refractivity (Wildman–Crippen MR) is 70.5 cm³/mol. The van der Waals surface area contributed by atoms with E-state index in [0.717, 1.165) is 36.9 Å². The van der Waals surface area contributed by atoms with Gasteiger partial charge in [0, 0.05) is 17.5 Å². The van der Waals surface area contributed by atoms with Gasteiger partial charge in [-0.25, -0.2) is 0 Å². The van der Waals surface area contributed by atoms with Gasteiger partial charge in [0.05, 0.1) is 0 Å². The molecular formula is C14H18ClNO. The maximum atomic E-state index is 11.9. The van der Waals surface area contributed by atoms with Gasteiger partial charge in [0.15, 0.2) is 0 Å². The molecule has 0 saturated heterocycles. The number of rotatable bonds is 3. The lowest BCUT2D eigenvalue weighted by Crippen LogP contribution is -2.28. The smallest absolute Gasteiger partial charge is 0.251 e. The summed E-state index contributed by atoms with van der Waals surface area (Å²) < 4.78 is 0. The van der Waals surface area contributed by atoms with Crippen LogP contribution in [0.15, 0.2) is 24.3 Å². The number of alkyl halides is 1. The molecule has 1 saturated carbocycles. The van der Waals surface area contributed by atoms with Crippen LogP contribution in [0.3, 0.4) is 0 Å². The topological polar surface area (TPSA) is 29.1 Å². The quantitative estimate of drug-likeness (QED) is 0.822. The third-order valence-corrected chi connectivity index (χ3v) is 3.71. The monoisotopic (exact) mass is 251 g/mol. The third-order valence-electron chi connectivity index (χ3n) is 3.31. The van der Waals surface area contributed by atoms with Gasteiger partial charge in [-0.3, -0.25) is 4.79 Å². The Morgan fingerprint density at radius 2 is 2.29 bits per heavy atom. The number of hydrogen-bond acceptors (Lipinski definition) is 1. The first-order chi connectivity index (χ1) is 8.15. The van der Waals surface area contributed by atoms with Crippen LogP contribution >= 0.6 is 11.6 Å². The largest absolute Gasteiger partial charge is 0.352 e. The fourth-order valence-corrected chi connectivity index (χ4v) is 2.70. The van der Waals surface area contributed by atoms with Crippen molar-refractivity contribution in [3.8, 4) is 0 Å². The first-order valence-corrected chi connectivity index (χ1v) is 6.57. The molecule has 0 aromatic heterocycles. The van der Waals surface area contributed by atoms with E-state index in [1.165, 1.54) is 0 Å². The second kappa shape index (κ2) is 5.54. The molecule has 1 fully saturated rings. The molecule has 0 aliphatic heterocycles. The highest BCUT2D eigenvalue weighted by Crippen LogP contribution is 2.28. The molecule has 1 amide bonds. The first-order valence-electron chi connectivity index (χ1n) is 6.14. The summed E-state index contributed by atoms with van der Waals surface area (Å²) in [5.41, 5.74) is 1.85. The highest BCUT2D eigenvalue weighted by molar-refractivity contribution is 6.20. The average Bonchev–Trinajstić information content (AvgIpc) is 2.72. The maximum Gasteiger partial charge on any atom is 0.251 e. The van der Waals surface area contributed by atoms with Crippen molar-refractivity contribution < 1.29 is 4.79 Å². The molecule has 1 aromatic rings. The molecule has 2 atom stereocenters.